The average molecular weight is 311 g/mol. The molecule has 0 saturated heterocycles. The van der Waals surface area contributed by atoms with Gasteiger partial charge in [-0.1, -0.05) is 37.3 Å². The van der Waals surface area contributed by atoms with Crippen LogP contribution in [0, 0.1) is 5.92 Å². The summed E-state index contributed by atoms with van der Waals surface area (Å²) in [6.07, 6.45) is 0.499. The van der Waals surface area contributed by atoms with Crippen LogP contribution < -0.4 is 0 Å². The van der Waals surface area contributed by atoms with Crippen LogP contribution in [0.3, 0.4) is 0 Å². The zero-order valence-electron chi connectivity index (χ0n) is 9.64. The van der Waals surface area contributed by atoms with Crippen molar-refractivity contribution < 1.29 is 5.11 Å². The lowest BCUT2D eigenvalue weighted by Crippen LogP contribution is -2.11. The zero-order chi connectivity index (χ0) is 12.3. The van der Waals surface area contributed by atoms with Crippen molar-refractivity contribution in [2.45, 2.75) is 19.4 Å². The Hall–Kier alpha value is -0.640. The second kappa shape index (κ2) is 5.80. The smallest absolute Gasteiger partial charge is 0.0819 e. The predicted octanol–water partition coefficient (Wildman–Crippen LogP) is 4.42. The van der Waals surface area contributed by atoms with Gasteiger partial charge in [0.15, 0.2) is 0 Å². The third kappa shape index (κ3) is 3.18. The molecule has 0 radical (unpaired) electrons. The van der Waals surface area contributed by atoms with Gasteiger partial charge in [-0.2, -0.15) is 0 Å². The molecule has 1 heterocycles. The fourth-order valence-electron chi connectivity index (χ4n) is 1.85. The first kappa shape index (κ1) is 12.8. The molecule has 2 rings (SSSR count). The highest BCUT2D eigenvalue weighted by molar-refractivity contribution is 9.10. The van der Waals surface area contributed by atoms with Crippen LogP contribution in [0.25, 0.3) is 0 Å². The summed E-state index contributed by atoms with van der Waals surface area (Å²) in [5.74, 6) is 0.215. The van der Waals surface area contributed by atoms with Gasteiger partial charge in [-0.15, -0.1) is 11.3 Å². The molecule has 17 heavy (non-hydrogen) atoms. The Labute approximate surface area is 114 Å². The minimum atomic E-state index is -0.398. The van der Waals surface area contributed by atoms with Crippen LogP contribution in [0.2, 0.25) is 0 Å². The van der Waals surface area contributed by atoms with Crippen LogP contribution >= 0.6 is 27.3 Å². The Balaban J connectivity index is 2.06. The van der Waals surface area contributed by atoms with E-state index in [2.05, 4.69) is 34.3 Å². The number of aliphatic hydroxyl groups excluding tert-OH is 1. The van der Waals surface area contributed by atoms with Crippen molar-refractivity contribution in [1.82, 2.24) is 0 Å². The molecule has 0 saturated carbocycles. The molecule has 0 fully saturated rings. The van der Waals surface area contributed by atoms with Gasteiger partial charge in [-0.05, 0) is 45.3 Å². The van der Waals surface area contributed by atoms with E-state index in [0.29, 0.717) is 0 Å². The fourth-order valence-corrected chi connectivity index (χ4v) is 3.51. The molecule has 1 nitrogen and oxygen atoms in total. The first-order valence-corrected chi connectivity index (χ1v) is 7.30. The molecule has 3 heteroatoms. The molecule has 90 valence electrons. The van der Waals surface area contributed by atoms with Crippen molar-refractivity contribution in [3.63, 3.8) is 0 Å². The molecule has 0 aliphatic rings. The average Bonchev–Trinajstić information content (AvgIpc) is 2.75. The summed E-state index contributed by atoms with van der Waals surface area (Å²) in [6.45, 7) is 2.09. The van der Waals surface area contributed by atoms with E-state index in [9.17, 15) is 5.11 Å². The van der Waals surface area contributed by atoms with Gasteiger partial charge in [0.25, 0.3) is 0 Å². The molecule has 1 N–H and O–H groups in total. The number of hydrogen-bond acceptors (Lipinski definition) is 2. The Kier molecular flexibility index (Phi) is 4.37. The second-order valence-electron chi connectivity index (χ2n) is 4.23. The molecule has 0 spiro atoms. The highest BCUT2D eigenvalue weighted by Gasteiger charge is 2.18. The number of rotatable bonds is 4. The third-order valence-corrected chi connectivity index (χ3v) is 4.83. The summed E-state index contributed by atoms with van der Waals surface area (Å²) in [5.41, 5.74) is 0.993. The maximum atomic E-state index is 10.3. The van der Waals surface area contributed by atoms with Crippen molar-refractivity contribution in [2.24, 2.45) is 5.92 Å². The lowest BCUT2D eigenvalue weighted by atomic mass is 9.94. The highest BCUT2D eigenvalue weighted by Crippen LogP contribution is 2.30. The Bertz CT molecular complexity index is 466. The summed E-state index contributed by atoms with van der Waals surface area (Å²) in [6, 6.07) is 11.9. The van der Waals surface area contributed by atoms with Crippen molar-refractivity contribution in [3.05, 3.63) is 56.7 Å². The highest BCUT2D eigenvalue weighted by atomic mass is 79.9. The van der Waals surface area contributed by atoms with Crippen LogP contribution in [-0.2, 0) is 6.42 Å². The van der Waals surface area contributed by atoms with Crippen LogP contribution in [-0.4, -0.2) is 5.11 Å². The summed E-state index contributed by atoms with van der Waals surface area (Å²) < 4.78 is 1.15. The van der Waals surface area contributed by atoms with E-state index >= 15 is 0 Å². The lowest BCUT2D eigenvalue weighted by Gasteiger charge is -2.18. The largest absolute Gasteiger partial charge is 0.388 e. The minimum absolute atomic E-state index is 0.215. The van der Waals surface area contributed by atoms with Crippen LogP contribution in [0.1, 0.15) is 23.5 Å². The van der Waals surface area contributed by atoms with E-state index in [1.54, 1.807) is 11.3 Å². The molecule has 0 aliphatic heterocycles. The van der Waals surface area contributed by atoms with Gasteiger partial charge in [0, 0.05) is 9.35 Å². The number of halogens is 1. The molecule has 2 unspecified atom stereocenters. The SMILES string of the molecule is CC(Cc1sccc1Br)C(O)c1ccccc1. The van der Waals surface area contributed by atoms with Gasteiger partial charge in [0.1, 0.15) is 0 Å². The van der Waals surface area contributed by atoms with Crippen LogP contribution in [0.5, 0.6) is 0 Å². The molecule has 0 amide bonds. The van der Waals surface area contributed by atoms with Gasteiger partial charge in [-0.25, -0.2) is 0 Å². The number of aliphatic hydroxyl groups is 1. The Morgan fingerprint density at radius 3 is 2.53 bits per heavy atom. The summed E-state index contributed by atoms with van der Waals surface area (Å²) >= 11 is 5.26. The van der Waals surface area contributed by atoms with Crippen LogP contribution in [0.4, 0.5) is 0 Å². The maximum absolute atomic E-state index is 10.3. The first-order valence-electron chi connectivity index (χ1n) is 5.63. The molecule has 2 atom stereocenters. The lowest BCUT2D eigenvalue weighted by molar-refractivity contribution is 0.118. The van der Waals surface area contributed by atoms with Gasteiger partial charge in [0.2, 0.25) is 0 Å². The maximum Gasteiger partial charge on any atom is 0.0819 e. The predicted molar refractivity (Wildman–Crippen MR) is 76.3 cm³/mol. The van der Waals surface area contributed by atoms with E-state index in [1.165, 1.54) is 4.88 Å². The second-order valence-corrected chi connectivity index (χ2v) is 6.08. The van der Waals surface area contributed by atoms with E-state index in [-0.39, 0.29) is 5.92 Å². The Morgan fingerprint density at radius 1 is 1.24 bits per heavy atom. The standard InChI is InChI=1S/C14H15BrOS/c1-10(9-13-12(15)7-8-17-13)14(16)11-5-3-2-4-6-11/h2-8,10,14,16H,9H2,1H3. The minimum Gasteiger partial charge on any atom is -0.388 e. The molecule has 0 bridgehead atoms. The van der Waals surface area contributed by atoms with Gasteiger partial charge < -0.3 is 5.11 Å². The van der Waals surface area contributed by atoms with Crippen molar-refractivity contribution >= 4 is 27.3 Å². The normalized spacial score (nSPS) is 14.5. The van der Waals surface area contributed by atoms with Gasteiger partial charge in [0.05, 0.1) is 6.10 Å². The van der Waals surface area contributed by atoms with Gasteiger partial charge in [-0.3, -0.25) is 0 Å². The van der Waals surface area contributed by atoms with E-state index < -0.39 is 6.10 Å². The topological polar surface area (TPSA) is 20.2 Å². The van der Waals surface area contributed by atoms with Crippen molar-refractivity contribution in [3.8, 4) is 0 Å². The molecule has 1 aromatic carbocycles. The number of thiophene rings is 1. The molecule has 1 aromatic heterocycles. The van der Waals surface area contributed by atoms with Crippen molar-refractivity contribution in [1.29, 1.82) is 0 Å². The van der Waals surface area contributed by atoms with E-state index in [0.717, 1.165) is 16.5 Å². The summed E-state index contributed by atoms with van der Waals surface area (Å²) in [7, 11) is 0. The molecule has 2 aromatic rings. The van der Waals surface area contributed by atoms with E-state index in [4.69, 9.17) is 0 Å². The fraction of sp³-hybridized carbons (Fsp3) is 0.286. The number of hydrogen-bond donors (Lipinski definition) is 1. The summed E-state index contributed by atoms with van der Waals surface area (Å²) in [4.78, 5) is 1.30. The zero-order valence-corrected chi connectivity index (χ0v) is 12.0. The monoisotopic (exact) mass is 310 g/mol. The van der Waals surface area contributed by atoms with Gasteiger partial charge >= 0.3 is 0 Å². The quantitative estimate of drug-likeness (QED) is 0.886. The summed E-state index contributed by atoms with van der Waals surface area (Å²) in [5, 5.41) is 12.3. The third-order valence-electron chi connectivity index (χ3n) is 2.88. The first-order chi connectivity index (χ1) is 8.18. The van der Waals surface area contributed by atoms with Crippen molar-refractivity contribution in [2.75, 3.05) is 0 Å². The van der Waals surface area contributed by atoms with E-state index in [1.807, 2.05) is 30.3 Å². The molecule has 0 aliphatic carbocycles. The molecular weight excluding hydrogens is 296 g/mol. The Morgan fingerprint density at radius 2 is 1.94 bits per heavy atom. The molecular formula is C14H15BrOS. The number of benzene rings is 1. The van der Waals surface area contributed by atoms with Crippen LogP contribution in [0.15, 0.2) is 46.3 Å².